The largest absolute Gasteiger partial charge is 0.748 e. The van der Waals surface area contributed by atoms with Crippen LogP contribution < -0.4 is 10.4 Å². The Morgan fingerprint density at radius 2 is 0.707 bits per heavy atom. The van der Waals surface area contributed by atoms with Crippen LogP contribution in [0, 0.1) is 76.9 Å². The van der Waals surface area contributed by atoms with Crippen molar-refractivity contribution in [2.75, 3.05) is 47.3 Å². The second-order valence-corrected chi connectivity index (χ2v) is 46.5. The van der Waals surface area contributed by atoms with Crippen LogP contribution in [0.3, 0.4) is 0 Å². The first kappa shape index (κ1) is 131. The van der Waals surface area contributed by atoms with Crippen LogP contribution in [0.15, 0.2) is 0 Å². The van der Waals surface area contributed by atoms with Crippen molar-refractivity contribution in [3.8, 4) is 0 Å². The monoisotopic (exact) mass is 2400 g/mol. The van der Waals surface area contributed by atoms with Gasteiger partial charge in [0.05, 0.1) is 98.9 Å². The van der Waals surface area contributed by atoms with Gasteiger partial charge in [0.2, 0.25) is 89.5 Å². The van der Waals surface area contributed by atoms with Crippen LogP contribution in [0.25, 0.3) is 0 Å². The Morgan fingerprint density at radius 3 is 1.16 bits per heavy atom. The normalized spacial score (nSPS) is 42.0. The molecule has 0 N–H and O–H groups in total. The molecule has 77 heteroatoms. The molecule has 0 aromatic heterocycles. The maximum absolute atomic E-state index is 12.9. The van der Waals surface area contributed by atoms with Gasteiger partial charge in [-0.2, -0.15) is 0 Å². The van der Waals surface area contributed by atoms with E-state index in [9.17, 15) is 141 Å². The fraction of sp³-hybridized carbons (Fsp3) is 0.973. The molecule has 0 amide bonds. The number of hydrogen-bond donors (Lipinski definition) is 0. The molecule has 880 valence electrons. The minimum atomic E-state index is -6.25. The molecule has 10 aliphatic rings. The number of aliphatic carboxylic acids is 1. The first-order valence-corrected chi connectivity index (χ1v) is 58.6. The highest BCUT2D eigenvalue weighted by Crippen LogP contribution is 2.65. The molecule has 9 saturated heterocycles. The number of carboxylic acid groups (broad SMARTS) is 1. The highest BCUT2D eigenvalue weighted by Gasteiger charge is 2.75. The average Bonchev–Trinajstić information content (AvgIpc) is 1.52. The molecular weight excluding hydrogens is 2290 g/mol. The number of hydrogen-bond acceptors (Lipinski definition) is 67. The molecule has 66 nitrogen and oxygen atoms in total. The van der Waals surface area contributed by atoms with E-state index in [0.29, 0.717) is 6.42 Å². The number of fused-ring (bicyclic) bond motifs is 1. The average molecular weight is 2400 g/mol. The van der Waals surface area contributed by atoms with Crippen molar-refractivity contribution in [2.45, 2.75) is 326 Å². The zero-order valence-electron chi connectivity index (χ0n) is 81.9. The number of rotatable bonds is 52. The lowest BCUT2D eigenvalue weighted by Crippen LogP contribution is -2.65. The van der Waals surface area contributed by atoms with E-state index in [1.54, 1.807) is 20.8 Å². The zero-order chi connectivity index (χ0) is 113. The molecule has 48 atom stereocenters. The van der Waals surface area contributed by atoms with Crippen molar-refractivity contribution in [3.05, 3.63) is 0 Å². The summed E-state index contributed by atoms with van der Waals surface area (Å²) in [7, 11) is -43.4. The first-order chi connectivity index (χ1) is 69.3. The molecule has 0 aromatic rings. The van der Waals surface area contributed by atoms with E-state index in [1.807, 2.05) is 20.8 Å². The van der Waals surface area contributed by atoms with E-state index in [2.05, 4.69) is 70.8 Å². The van der Waals surface area contributed by atoms with Gasteiger partial charge in [0.15, 0.2) is 68.6 Å². The van der Waals surface area contributed by atoms with Crippen molar-refractivity contribution in [3.63, 3.8) is 0 Å². The Bertz CT molecular complexity index is 5370. The van der Waals surface area contributed by atoms with Crippen molar-refractivity contribution in [1.29, 1.82) is 0 Å². The van der Waals surface area contributed by atoms with E-state index in [1.165, 1.54) is 41.9 Å². The van der Waals surface area contributed by atoms with E-state index in [-0.39, 0.29) is 60.8 Å². The third-order valence-corrected chi connectivity index (χ3v) is 32.1. The Balaban J connectivity index is 0.000000354. The summed E-state index contributed by atoms with van der Waals surface area (Å²) in [6.45, 7) is 20.4. The SMILES string of the molecule is CCC1O[C@@H](O[C@@H]2C(CC)O[C@@H](C)C(C)[C@H]2C)C(C)[C@@H](C)[C@@H]1O[C@@H]1OC(COS(=O)(=O)[O-])[C@@H](O[C@H]2OC(COS(=O)(=O)[O-])[C@@H](OSOO[O-])C(C)C2OOS(=O)[O-])C(C)C1OC.CO[C@@H]1C(COS(=O)(=O)[O-])O[C@H](O[C@@H]2C(C(=O)[O-])O[C@@H](O[C@@H]3C(COOS(=O)[O-])O[C@@H](OC4(C)[C@@H]5C(OC=O)O[C@@H](O[C@@H]6C(COS(=O)(=O)[O-])O[C@H](C)C(OS(=O)(=O)[O-])C6OS(=O)(=O)[O-])C(C)[C@H]54)C(OS(=O)(=O)[O-])[C@H]3OS(=O)(=O)[O-])C(C)C2C)C(C)C1C. The van der Waals surface area contributed by atoms with Gasteiger partial charge in [0.25, 0.3) is 6.47 Å². The van der Waals surface area contributed by atoms with Crippen molar-refractivity contribution < 1.29 is 297 Å². The van der Waals surface area contributed by atoms with Crippen LogP contribution in [0.1, 0.15) is 124 Å². The second kappa shape index (κ2) is 54.5. The van der Waals surface area contributed by atoms with Crippen molar-refractivity contribution in [2.24, 2.45) is 76.9 Å². The molecule has 1 saturated carbocycles. The molecule has 9 heterocycles. The van der Waals surface area contributed by atoms with Gasteiger partial charge in [-0.25, -0.2) is 85.5 Å². The van der Waals surface area contributed by atoms with Crippen molar-refractivity contribution in [1.82, 2.24) is 0 Å². The molecule has 10 fully saturated rings. The lowest BCUT2D eigenvalue weighted by molar-refractivity contribution is -0.777. The van der Waals surface area contributed by atoms with Gasteiger partial charge in [-0.05, 0) is 63.2 Å². The molecule has 10 rings (SSSR count). The van der Waals surface area contributed by atoms with E-state index < -0.39 is 382 Å². The molecule has 0 radical (unpaired) electrons. The number of carboxylic acids is 1. The summed E-state index contributed by atoms with van der Waals surface area (Å²) in [4.78, 5) is 34.8. The Labute approximate surface area is 872 Å². The van der Waals surface area contributed by atoms with Gasteiger partial charge >= 0.3 is 0 Å². The summed E-state index contributed by atoms with van der Waals surface area (Å²) in [5, 5.41) is 26.6. The fourth-order valence-corrected chi connectivity index (χ4v) is 23.7. The topological polar surface area (TPSA) is 932 Å². The lowest BCUT2D eigenvalue weighted by Gasteiger charge is -2.51. The van der Waals surface area contributed by atoms with Gasteiger partial charge in [-0.3, -0.25) is 47.5 Å². The summed E-state index contributed by atoms with van der Waals surface area (Å²) in [5.41, 5.74) is -2.17. The number of methoxy groups -OCH3 is 2. The molecule has 0 aromatic carbocycles. The third-order valence-electron chi connectivity index (χ3n) is 27.7. The van der Waals surface area contributed by atoms with Gasteiger partial charge in [0.1, 0.15) is 109 Å². The smallest absolute Gasteiger partial charge is 0.295 e. The first-order valence-electron chi connectivity index (χ1n) is 45.2. The van der Waals surface area contributed by atoms with Gasteiger partial charge in [-0.15, -0.1) is 13.0 Å². The summed E-state index contributed by atoms with van der Waals surface area (Å²) in [5.74, 6) is -12.0. The highest BCUT2D eigenvalue weighted by atomic mass is 32.3. The third kappa shape index (κ3) is 35.7. The van der Waals surface area contributed by atoms with Crippen molar-refractivity contribution >= 4 is 131 Å². The van der Waals surface area contributed by atoms with Gasteiger partial charge in [-0.1, -0.05) is 90.0 Å². The lowest BCUT2D eigenvalue weighted by atomic mass is 9.80. The fourth-order valence-electron chi connectivity index (χ4n) is 19.7. The number of carbonyl (C=O) groups excluding carboxylic acids is 2. The van der Waals surface area contributed by atoms with Crippen LogP contribution in [0.5, 0.6) is 0 Å². The Morgan fingerprint density at radius 1 is 0.353 bits per heavy atom. The molecule has 0 spiro atoms. The summed E-state index contributed by atoms with van der Waals surface area (Å²) >= 11 is -6.86. The predicted octanol–water partition coefficient (Wildman–Crippen LogP) is -6.00. The molecular formula is C73H114O66S11-12. The molecule has 9 aliphatic heterocycles. The van der Waals surface area contributed by atoms with E-state index in [4.69, 9.17) is 112 Å². The standard InChI is InChI=1S/C39H64O42S7.C34H62O24S4/c1-13-15(3)34(69-20(24(13)63-8)10-66-83(45,46)47)71-25-14(2)16(4)35(74-31(25)33(41)42)72-27-19(9-65-81-82(43)44)70-38(32(80-88(60,61)62)30(27)79-87(57,58)59)76-39(7)22-17(5)36(75-37(23(22)39)64-12-40)73-28-21(11-67-84(48,49)50)68-18(6)26(77-85(51,52)53)29(28)78-86(54,55)56;1-11-22-26(16(4)15(3)21(9)47-22)51-32-18(6)17(5)27(23(12-2)48-32)52-33-30(44-10)19(7)28(24(49-33)13-45-61(38,39)40)53-34-31(54-58-60(36)37)20(8)29(55-59-57-56-35)25(50-34)14-46-62(41,42)43/h12-32,34-38H,9-11H2,1-8H3,(H,41,42)(H,43,44)(H,45,46,47)(H,48,49,50)(H,51,52,53)(H,54,55,56)(H,57,58,59)(H,60,61,62);15-35H,11-14H2,1-10H3,(H,36,37)(H,38,39,40)(H,41,42,43)/p-12/t13?,14?,15?,16?,17?,18-,19?,20?,21?,22-,23+,24+,25+,26?,27-,28-,29?,30+,31?,32?,34-,35-,36-,37?,38+,39?;15?,16-,17-,18?,19?,20?,21+,22?,23?,24?,25?,26+,27+,28+,29+,30?,31?,32+,33+,34-/m11/s1. The second-order valence-electron chi connectivity index (χ2n) is 36.8. The molecule has 1 aliphatic carbocycles. The molecule has 26 unspecified atom stereocenters. The molecule has 0 bridgehead atoms. The van der Waals surface area contributed by atoms with Crippen LogP contribution >= 0.6 is 12.3 Å². The van der Waals surface area contributed by atoms with Gasteiger partial charge in [0, 0.05) is 55.6 Å². The quantitative estimate of drug-likeness (QED) is 0.00799. The molecule has 150 heavy (non-hydrogen) atoms. The summed E-state index contributed by atoms with van der Waals surface area (Å²) < 4.78 is 500. The maximum Gasteiger partial charge on any atom is 0.295 e. The van der Waals surface area contributed by atoms with Crippen LogP contribution in [-0.2, 0) is 271 Å². The number of carbonyl (C=O) groups is 2. The maximum atomic E-state index is 12.9. The van der Waals surface area contributed by atoms with E-state index in [0.717, 1.165) is 20.3 Å². The van der Waals surface area contributed by atoms with Gasteiger partial charge < -0.3 is 151 Å². The van der Waals surface area contributed by atoms with Crippen LogP contribution in [0.4, 0.5) is 0 Å². The van der Waals surface area contributed by atoms with E-state index >= 15 is 0 Å². The van der Waals surface area contributed by atoms with Crippen LogP contribution in [-0.4, -0.2) is 383 Å². The minimum absolute atomic E-state index is 0.0293. The van der Waals surface area contributed by atoms with Crippen LogP contribution in [0.2, 0.25) is 0 Å². The number of ether oxygens (including phenoxy) is 19. The summed E-state index contributed by atoms with van der Waals surface area (Å²) in [6, 6.07) is 0. The predicted molar refractivity (Wildman–Crippen MR) is 456 cm³/mol. The Kier molecular flexibility index (Phi) is 47.5. The summed E-state index contributed by atoms with van der Waals surface area (Å²) in [6.07, 6.45) is -51.0. The highest BCUT2D eigenvalue weighted by molar-refractivity contribution is 7.89. The minimum Gasteiger partial charge on any atom is -0.748 e. The zero-order valence-corrected chi connectivity index (χ0v) is 90.9. The Hall–Kier alpha value is -2.57.